The van der Waals surface area contributed by atoms with Crippen LogP contribution in [0, 0.1) is 0 Å². The lowest BCUT2D eigenvalue weighted by Crippen LogP contribution is -2.47. The van der Waals surface area contributed by atoms with Gasteiger partial charge in [0.15, 0.2) is 9.84 Å². The van der Waals surface area contributed by atoms with Crippen molar-refractivity contribution in [1.29, 1.82) is 0 Å². The van der Waals surface area contributed by atoms with Crippen LogP contribution in [0.1, 0.15) is 37.4 Å². The van der Waals surface area contributed by atoms with Crippen molar-refractivity contribution in [2.24, 2.45) is 0 Å². The highest BCUT2D eigenvalue weighted by atomic mass is 32.2. The highest BCUT2D eigenvalue weighted by Crippen LogP contribution is 2.29. The highest BCUT2D eigenvalue weighted by Gasteiger charge is 2.33. The number of sulfone groups is 1. The van der Waals surface area contributed by atoms with Crippen molar-refractivity contribution in [3.05, 3.63) is 29.8 Å². The zero-order valence-electron chi connectivity index (χ0n) is 12.2. The van der Waals surface area contributed by atoms with E-state index in [2.05, 4.69) is 5.32 Å². The second-order valence-electron chi connectivity index (χ2n) is 5.88. The number of aliphatic hydroxyl groups excluding tert-OH is 2. The minimum Gasteiger partial charge on any atom is -0.394 e. The van der Waals surface area contributed by atoms with Crippen LogP contribution in [0.5, 0.6) is 0 Å². The molecule has 0 radical (unpaired) electrons. The summed E-state index contributed by atoms with van der Waals surface area (Å²) in [4.78, 5) is 0.244. The fourth-order valence-electron chi connectivity index (χ4n) is 2.81. The largest absolute Gasteiger partial charge is 0.394 e. The Bertz CT molecular complexity index is 562. The molecule has 21 heavy (non-hydrogen) atoms. The summed E-state index contributed by atoms with van der Waals surface area (Å²) in [5.74, 6) is 0. The lowest BCUT2D eigenvalue weighted by Gasteiger charge is -2.29. The molecule has 3 N–H and O–H groups in total. The summed E-state index contributed by atoms with van der Waals surface area (Å²) >= 11 is 0. The van der Waals surface area contributed by atoms with Crippen LogP contribution in [0.4, 0.5) is 0 Å². The van der Waals surface area contributed by atoms with E-state index in [-0.39, 0.29) is 17.0 Å². The first kappa shape index (κ1) is 16.4. The van der Waals surface area contributed by atoms with Gasteiger partial charge in [0.25, 0.3) is 0 Å². The Kier molecular flexibility index (Phi) is 5.03. The van der Waals surface area contributed by atoms with E-state index in [0.29, 0.717) is 12.1 Å². The van der Waals surface area contributed by atoms with Crippen molar-refractivity contribution in [2.45, 2.75) is 42.2 Å². The van der Waals surface area contributed by atoms with Crippen LogP contribution in [0.15, 0.2) is 29.2 Å². The van der Waals surface area contributed by atoms with Gasteiger partial charge in [0.1, 0.15) is 0 Å². The molecular weight excluding hydrogens is 290 g/mol. The maximum atomic E-state index is 11.4. The van der Waals surface area contributed by atoms with Crippen LogP contribution in [0.3, 0.4) is 0 Å². The molecule has 1 unspecified atom stereocenters. The molecule has 0 spiro atoms. The van der Waals surface area contributed by atoms with Gasteiger partial charge in [-0.2, -0.15) is 0 Å². The molecule has 0 aliphatic heterocycles. The van der Waals surface area contributed by atoms with Crippen molar-refractivity contribution in [3.63, 3.8) is 0 Å². The van der Waals surface area contributed by atoms with Gasteiger partial charge in [0, 0.05) is 18.3 Å². The van der Waals surface area contributed by atoms with E-state index >= 15 is 0 Å². The SMILES string of the molecule is CS(=O)(=O)c1ccc(C(O)CNC2(CO)CCCC2)cc1. The van der Waals surface area contributed by atoms with E-state index in [1.165, 1.54) is 12.1 Å². The van der Waals surface area contributed by atoms with Gasteiger partial charge in [-0.15, -0.1) is 0 Å². The molecule has 5 nitrogen and oxygen atoms in total. The van der Waals surface area contributed by atoms with Crippen LogP contribution in [-0.2, 0) is 9.84 Å². The van der Waals surface area contributed by atoms with Gasteiger partial charge in [-0.1, -0.05) is 25.0 Å². The van der Waals surface area contributed by atoms with Gasteiger partial charge in [-0.3, -0.25) is 0 Å². The summed E-state index contributed by atoms with van der Waals surface area (Å²) in [6.07, 6.45) is 4.46. The second-order valence-corrected chi connectivity index (χ2v) is 7.90. The lowest BCUT2D eigenvalue weighted by atomic mass is 9.98. The Morgan fingerprint density at radius 1 is 1.24 bits per heavy atom. The summed E-state index contributed by atoms with van der Waals surface area (Å²) < 4.78 is 22.8. The fraction of sp³-hybridized carbons (Fsp3) is 0.600. The molecule has 1 fully saturated rings. The minimum absolute atomic E-state index is 0.0761. The predicted molar refractivity (Wildman–Crippen MR) is 80.8 cm³/mol. The Morgan fingerprint density at radius 3 is 2.29 bits per heavy atom. The van der Waals surface area contributed by atoms with Crippen LogP contribution in [-0.4, -0.2) is 43.6 Å². The maximum absolute atomic E-state index is 11.4. The molecule has 1 aromatic carbocycles. The molecule has 0 aromatic heterocycles. The van der Waals surface area contributed by atoms with Crippen LogP contribution in [0.2, 0.25) is 0 Å². The molecule has 0 heterocycles. The molecular formula is C15H23NO4S. The van der Waals surface area contributed by atoms with Crippen molar-refractivity contribution in [3.8, 4) is 0 Å². The normalized spacial score (nSPS) is 19.6. The first-order valence-corrected chi connectivity index (χ1v) is 9.09. The number of nitrogens with one attached hydrogen (secondary N) is 1. The number of rotatable bonds is 6. The van der Waals surface area contributed by atoms with Crippen LogP contribution >= 0.6 is 0 Å². The molecule has 1 aromatic rings. The Labute approximate surface area is 125 Å². The third-order valence-electron chi connectivity index (χ3n) is 4.23. The summed E-state index contributed by atoms with van der Waals surface area (Å²) in [5.41, 5.74) is 0.397. The molecule has 2 rings (SSSR count). The minimum atomic E-state index is -3.21. The zero-order valence-corrected chi connectivity index (χ0v) is 13.1. The average Bonchev–Trinajstić information content (AvgIpc) is 2.93. The smallest absolute Gasteiger partial charge is 0.175 e. The lowest BCUT2D eigenvalue weighted by molar-refractivity contribution is 0.122. The van der Waals surface area contributed by atoms with E-state index in [4.69, 9.17) is 0 Å². The number of hydrogen-bond acceptors (Lipinski definition) is 5. The van der Waals surface area contributed by atoms with E-state index in [0.717, 1.165) is 31.9 Å². The van der Waals surface area contributed by atoms with E-state index < -0.39 is 15.9 Å². The summed E-state index contributed by atoms with van der Waals surface area (Å²) in [6, 6.07) is 6.27. The maximum Gasteiger partial charge on any atom is 0.175 e. The van der Waals surface area contributed by atoms with Gasteiger partial charge >= 0.3 is 0 Å². The summed E-state index contributed by atoms with van der Waals surface area (Å²) in [6.45, 7) is 0.422. The van der Waals surface area contributed by atoms with E-state index in [1.54, 1.807) is 12.1 Å². The van der Waals surface area contributed by atoms with E-state index in [9.17, 15) is 18.6 Å². The predicted octanol–water partition coefficient (Wildman–Crippen LogP) is 1.02. The van der Waals surface area contributed by atoms with Crippen LogP contribution in [0.25, 0.3) is 0 Å². The van der Waals surface area contributed by atoms with Gasteiger partial charge in [0.05, 0.1) is 17.6 Å². The standard InChI is InChI=1S/C15H23NO4S/c1-21(19,20)13-6-4-12(5-7-13)14(18)10-16-15(11-17)8-2-3-9-15/h4-7,14,16-18H,2-3,8-11H2,1H3. The van der Waals surface area contributed by atoms with Crippen molar-refractivity contribution in [1.82, 2.24) is 5.32 Å². The van der Waals surface area contributed by atoms with Crippen molar-refractivity contribution in [2.75, 3.05) is 19.4 Å². The molecule has 6 heteroatoms. The van der Waals surface area contributed by atoms with Crippen molar-refractivity contribution < 1.29 is 18.6 Å². The third-order valence-corrected chi connectivity index (χ3v) is 5.36. The monoisotopic (exact) mass is 313 g/mol. The number of hydrogen-bond donors (Lipinski definition) is 3. The van der Waals surface area contributed by atoms with Crippen LogP contribution < -0.4 is 5.32 Å². The molecule has 0 bridgehead atoms. The first-order chi connectivity index (χ1) is 9.86. The van der Waals surface area contributed by atoms with Gasteiger partial charge in [0.2, 0.25) is 0 Å². The molecule has 0 saturated heterocycles. The fourth-order valence-corrected chi connectivity index (χ4v) is 3.44. The van der Waals surface area contributed by atoms with Gasteiger partial charge in [-0.05, 0) is 30.5 Å². The molecule has 1 atom stereocenters. The molecule has 0 amide bonds. The van der Waals surface area contributed by atoms with Crippen molar-refractivity contribution >= 4 is 9.84 Å². The number of benzene rings is 1. The van der Waals surface area contributed by atoms with Gasteiger partial charge < -0.3 is 15.5 Å². The molecule has 1 aliphatic carbocycles. The number of aliphatic hydroxyl groups is 2. The topological polar surface area (TPSA) is 86.6 Å². The first-order valence-electron chi connectivity index (χ1n) is 7.20. The van der Waals surface area contributed by atoms with E-state index in [1.807, 2.05) is 0 Å². The Balaban J connectivity index is 1.98. The molecule has 1 aliphatic rings. The average molecular weight is 313 g/mol. The molecule has 1 saturated carbocycles. The number of β-amino-alcohol motifs (C(OH)–C–C–N with tert-alkyl or cyclic N) is 1. The quantitative estimate of drug-likeness (QED) is 0.730. The second kappa shape index (κ2) is 6.44. The zero-order chi connectivity index (χ0) is 15.5. The summed E-state index contributed by atoms with van der Waals surface area (Å²) in [5, 5.41) is 23.0. The summed E-state index contributed by atoms with van der Waals surface area (Å²) in [7, 11) is -3.21. The highest BCUT2D eigenvalue weighted by molar-refractivity contribution is 7.90. The van der Waals surface area contributed by atoms with Gasteiger partial charge in [-0.25, -0.2) is 8.42 Å². The third kappa shape index (κ3) is 4.03. The Morgan fingerprint density at radius 2 is 1.81 bits per heavy atom. The Hall–Kier alpha value is -0.950. The molecule has 118 valence electrons.